The third-order valence-electron chi connectivity index (χ3n) is 6.40. The molecule has 0 aliphatic heterocycles. The third kappa shape index (κ3) is 9.24. The fraction of sp³-hybridized carbons (Fsp3) is 0.171. The summed E-state index contributed by atoms with van der Waals surface area (Å²) in [6.07, 6.45) is 2.19. The van der Waals surface area contributed by atoms with E-state index < -0.39 is 11.8 Å². The summed E-state index contributed by atoms with van der Waals surface area (Å²) in [4.78, 5) is 40.3. The number of thioether (sulfide) groups is 1. The van der Waals surface area contributed by atoms with Crippen LogP contribution < -0.4 is 25.4 Å². The number of carbonyl (C=O) groups is 3. The van der Waals surface area contributed by atoms with E-state index in [4.69, 9.17) is 9.47 Å². The van der Waals surface area contributed by atoms with Gasteiger partial charge in [-0.3, -0.25) is 14.4 Å². The van der Waals surface area contributed by atoms with E-state index in [1.807, 2.05) is 62.4 Å². The van der Waals surface area contributed by atoms with Gasteiger partial charge < -0.3 is 25.4 Å². The number of methoxy groups -OCH3 is 1. The maximum Gasteiger partial charge on any atom is 0.272 e. The largest absolute Gasteiger partial charge is 0.497 e. The minimum atomic E-state index is -0.500. The molecule has 4 aromatic rings. The molecule has 0 heterocycles. The Morgan fingerprint density at radius 2 is 1.55 bits per heavy atom. The zero-order chi connectivity index (χ0) is 31.3. The van der Waals surface area contributed by atoms with Crippen molar-refractivity contribution in [3.63, 3.8) is 0 Å². The van der Waals surface area contributed by atoms with Crippen LogP contribution in [0.15, 0.2) is 114 Å². The maximum atomic E-state index is 13.5. The summed E-state index contributed by atoms with van der Waals surface area (Å²) < 4.78 is 10.8. The van der Waals surface area contributed by atoms with Gasteiger partial charge in [-0.2, -0.15) is 0 Å². The molecule has 0 fully saturated rings. The Labute approximate surface area is 261 Å². The number of benzene rings is 4. The van der Waals surface area contributed by atoms with Gasteiger partial charge in [-0.15, -0.1) is 11.8 Å². The van der Waals surface area contributed by atoms with Crippen molar-refractivity contribution in [3.8, 4) is 11.5 Å². The highest BCUT2D eigenvalue weighted by molar-refractivity contribution is 8.00. The molecular formula is C35H35N3O5S. The normalized spacial score (nSPS) is 11.7. The smallest absolute Gasteiger partial charge is 0.272 e. The first-order valence-corrected chi connectivity index (χ1v) is 15.1. The van der Waals surface area contributed by atoms with Crippen molar-refractivity contribution < 1.29 is 23.9 Å². The summed E-state index contributed by atoms with van der Waals surface area (Å²) in [5, 5.41) is 8.24. The van der Waals surface area contributed by atoms with E-state index in [1.54, 1.807) is 67.8 Å². The summed E-state index contributed by atoms with van der Waals surface area (Å²) in [5.74, 6) is 0.327. The Hall–Kier alpha value is -5.02. The van der Waals surface area contributed by atoms with Crippen LogP contribution >= 0.6 is 11.8 Å². The van der Waals surface area contributed by atoms with Crippen LogP contribution in [0.1, 0.15) is 36.2 Å². The molecule has 3 amide bonds. The lowest BCUT2D eigenvalue weighted by atomic mass is 10.1. The fourth-order valence-electron chi connectivity index (χ4n) is 4.20. The molecular weight excluding hydrogens is 574 g/mol. The van der Waals surface area contributed by atoms with Crippen LogP contribution in [0.25, 0.3) is 6.08 Å². The second-order valence-corrected chi connectivity index (χ2v) is 10.9. The minimum Gasteiger partial charge on any atom is -0.497 e. The molecule has 4 rings (SSSR count). The van der Waals surface area contributed by atoms with E-state index in [1.165, 1.54) is 11.8 Å². The second-order valence-electron chi connectivity index (χ2n) is 9.60. The van der Waals surface area contributed by atoms with Gasteiger partial charge in [0.1, 0.15) is 17.2 Å². The van der Waals surface area contributed by atoms with Gasteiger partial charge >= 0.3 is 0 Å². The van der Waals surface area contributed by atoms with Gasteiger partial charge in [-0.1, -0.05) is 43.3 Å². The van der Waals surface area contributed by atoms with Crippen LogP contribution in [0.5, 0.6) is 11.5 Å². The quantitative estimate of drug-likeness (QED) is 0.111. The zero-order valence-corrected chi connectivity index (χ0v) is 25.6. The number of rotatable bonds is 13. The SMILES string of the molecule is CCOc1ccc(NC(=O)C(CC)Sc2cccc(NC(=O)/C(=C/c3cccc(OC)c3)NC(=O)c3ccccc3)c2)cc1. The molecule has 4 aromatic carbocycles. The van der Waals surface area contributed by atoms with Crippen LogP contribution in [-0.2, 0) is 9.59 Å². The van der Waals surface area contributed by atoms with Crippen LogP contribution in [-0.4, -0.2) is 36.7 Å². The molecule has 44 heavy (non-hydrogen) atoms. The van der Waals surface area contributed by atoms with Crippen molar-refractivity contribution in [3.05, 3.63) is 120 Å². The molecule has 1 atom stereocenters. The van der Waals surface area contributed by atoms with Gasteiger partial charge in [0.25, 0.3) is 11.8 Å². The average Bonchev–Trinajstić information content (AvgIpc) is 3.05. The number of nitrogens with one attached hydrogen (secondary N) is 3. The average molecular weight is 610 g/mol. The molecule has 3 N–H and O–H groups in total. The number of carbonyl (C=O) groups excluding carboxylic acids is 3. The van der Waals surface area contributed by atoms with Crippen molar-refractivity contribution in [2.24, 2.45) is 0 Å². The standard InChI is InChI=1S/C35H35N3O5S/c1-4-32(35(41)36-26-17-19-28(20-18-26)43-5-2)44-30-16-10-14-27(23-30)37-34(40)31(22-24-11-9-15-29(21-24)42-3)38-33(39)25-12-7-6-8-13-25/h6-23,32H,4-5H2,1-3H3,(H,36,41)(H,37,40)(H,38,39)/b31-22-. The second kappa shape index (κ2) is 16.0. The van der Waals surface area contributed by atoms with E-state index in [-0.39, 0.29) is 16.9 Å². The first kappa shape index (κ1) is 31.9. The molecule has 0 aliphatic rings. The van der Waals surface area contributed by atoms with Gasteiger partial charge in [0.05, 0.1) is 19.0 Å². The van der Waals surface area contributed by atoms with Crippen molar-refractivity contribution in [1.82, 2.24) is 5.32 Å². The van der Waals surface area contributed by atoms with E-state index in [9.17, 15) is 14.4 Å². The topological polar surface area (TPSA) is 106 Å². The van der Waals surface area contributed by atoms with Crippen LogP contribution in [0.4, 0.5) is 11.4 Å². The predicted molar refractivity (Wildman–Crippen MR) is 176 cm³/mol. The molecule has 0 radical (unpaired) electrons. The molecule has 0 bridgehead atoms. The molecule has 1 unspecified atom stereocenters. The van der Waals surface area contributed by atoms with Gasteiger partial charge in [0.2, 0.25) is 5.91 Å². The molecule has 0 spiro atoms. The summed E-state index contributed by atoms with van der Waals surface area (Å²) in [5.41, 5.74) is 2.37. The van der Waals surface area contributed by atoms with Crippen LogP contribution in [0.3, 0.4) is 0 Å². The molecule has 0 aromatic heterocycles. The van der Waals surface area contributed by atoms with Gasteiger partial charge in [0, 0.05) is 21.8 Å². The number of hydrogen-bond donors (Lipinski definition) is 3. The molecule has 226 valence electrons. The third-order valence-corrected chi connectivity index (χ3v) is 7.76. The van der Waals surface area contributed by atoms with Crippen molar-refractivity contribution >= 4 is 46.9 Å². The Morgan fingerprint density at radius 3 is 2.25 bits per heavy atom. The first-order valence-electron chi connectivity index (χ1n) is 14.2. The molecule has 0 aliphatic carbocycles. The lowest BCUT2D eigenvalue weighted by Gasteiger charge is -2.16. The zero-order valence-electron chi connectivity index (χ0n) is 24.8. The van der Waals surface area contributed by atoms with Crippen LogP contribution in [0.2, 0.25) is 0 Å². The molecule has 8 nitrogen and oxygen atoms in total. The van der Waals surface area contributed by atoms with E-state index in [0.717, 1.165) is 10.6 Å². The predicted octanol–water partition coefficient (Wildman–Crippen LogP) is 7.01. The number of anilines is 2. The highest BCUT2D eigenvalue weighted by atomic mass is 32.2. The van der Waals surface area contributed by atoms with Gasteiger partial charge in [-0.25, -0.2) is 0 Å². The van der Waals surface area contributed by atoms with Gasteiger partial charge in [0.15, 0.2) is 0 Å². The first-order chi connectivity index (χ1) is 21.4. The van der Waals surface area contributed by atoms with E-state index in [0.29, 0.717) is 41.3 Å². The fourth-order valence-corrected chi connectivity index (χ4v) is 5.21. The Kier molecular flexibility index (Phi) is 11.6. The van der Waals surface area contributed by atoms with Crippen molar-refractivity contribution in [2.45, 2.75) is 30.4 Å². The lowest BCUT2D eigenvalue weighted by molar-refractivity contribution is -0.116. The summed E-state index contributed by atoms with van der Waals surface area (Å²) in [7, 11) is 1.56. The lowest BCUT2D eigenvalue weighted by Crippen LogP contribution is -2.30. The monoisotopic (exact) mass is 609 g/mol. The summed E-state index contributed by atoms with van der Waals surface area (Å²) in [6, 6.07) is 30.4. The van der Waals surface area contributed by atoms with Crippen molar-refractivity contribution in [2.75, 3.05) is 24.4 Å². The van der Waals surface area contributed by atoms with E-state index in [2.05, 4.69) is 16.0 Å². The summed E-state index contributed by atoms with van der Waals surface area (Å²) >= 11 is 1.41. The number of hydrogen-bond acceptors (Lipinski definition) is 6. The molecule has 0 saturated carbocycles. The van der Waals surface area contributed by atoms with Crippen molar-refractivity contribution in [1.29, 1.82) is 0 Å². The number of ether oxygens (including phenoxy) is 2. The Balaban J connectivity index is 1.48. The molecule has 0 saturated heterocycles. The number of amides is 3. The van der Waals surface area contributed by atoms with Crippen LogP contribution in [0, 0.1) is 0 Å². The highest BCUT2D eigenvalue weighted by Crippen LogP contribution is 2.29. The minimum absolute atomic E-state index is 0.0614. The maximum absolute atomic E-state index is 13.5. The molecule has 9 heteroatoms. The Bertz CT molecular complexity index is 1610. The Morgan fingerprint density at radius 1 is 0.795 bits per heavy atom. The summed E-state index contributed by atoms with van der Waals surface area (Å²) in [6.45, 7) is 4.44. The van der Waals surface area contributed by atoms with E-state index >= 15 is 0 Å². The van der Waals surface area contributed by atoms with Gasteiger partial charge in [-0.05, 0) is 91.7 Å². The highest BCUT2D eigenvalue weighted by Gasteiger charge is 2.19.